The lowest BCUT2D eigenvalue weighted by Gasteiger charge is -2.26. The molecule has 0 bridgehead atoms. The first-order chi connectivity index (χ1) is 11.7. The molecule has 1 saturated heterocycles. The van der Waals surface area contributed by atoms with E-state index in [1.165, 1.54) is 0 Å². The van der Waals surface area contributed by atoms with Crippen LogP contribution in [0.25, 0.3) is 0 Å². The highest BCUT2D eigenvalue weighted by atomic mass is 16.5. The van der Waals surface area contributed by atoms with E-state index in [0.717, 1.165) is 13.1 Å². The molecule has 2 amide bonds. The summed E-state index contributed by atoms with van der Waals surface area (Å²) >= 11 is 0. The van der Waals surface area contributed by atoms with Crippen LogP contribution in [0.2, 0.25) is 0 Å². The van der Waals surface area contributed by atoms with Crippen LogP contribution in [0.4, 0.5) is 5.69 Å². The van der Waals surface area contributed by atoms with Crippen molar-refractivity contribution in [2.24, 2.45) is 0 Å². The average molecular weight is 333 g/mol. The number of ether oxygens (including phenoxy) is 2. The predicted octanol–water partition coefficient (Wildman–Crippen LogP) is 0.638. The topological polar surface area (TPSA) is 79.9 Å². The third-order valence-electron chi connectivity index (χ3n) is 3.50. The lowest BCUT2D eigenvalue weighted by molar-refractivity contribution is -0.136. The van der Waals surface area contributed by atoms with Gasteiger partial charge in [0.25, 0.3) is 0 Å². The Kier molecular flexibility index (Phi) is 7.25. The Bertz CT molecular complexity index is 553. The first-order valence-electron chi connectivity index (χ1n) is 7.92. The quantitative estimate of drug-likeness (QED) is 0.565. The van der Waals surface area contributed by atoms with E-state index < -0.39 is 11.8 Å². The van der Waals surface area contributed by atoms with E-state index in [1.807, 2.05) is 0 Å². The number of hydrogen-bond donors (Lipinski definition) is 2. The van der Waals surface area contributed by atoms with Crippen LogP contribution in [-0.2, 0) is 14.3 Å². The number of nitrogens with zero attached hydrogens (tertiary/aromatic N) is 1. The second-order valence-corrected chi connectivity index (χ2v) is 5.29. The molecule has 7 heteroatoms. The van der Waals surface area contributed by atoms with E-state index in [2.05, 4.69) is 22.1 Å². The van der Waals surface area contributed by atoms with Crippen molar-refractivity contribution in [1.29, 1.82) is 0 Å². The Hall–Kier alpha value is -2.38. The number of anilines is 1. The summed E-state index contributed by atoms with van der Waals surface area (Å²) in [5.41, 5.74) is 0.536. The van der Waals surface area contributed by atoms with E-state index in [-0.39, 0.29) is 0 Å². The third kappa shape index (κ3) is 6.02. The van der Waals surface area contributed by atoms with Gasteiger partial charge >= 0.3 is 11.8 Å². The maximum Gasteiger partial charge on any atom is 0.313 e. The molecular formula is C17H23N3O4. The summed E-state index contributed by atoms with van der Waals surface area (Å²) in [7, 11) is 0. The molecule has 1 fully saturated rings. The van der Waals surface area contributed by atoms with Crippen molar-refractivity contribution < 1.29 is 19.1 Å². The minimum absolute atomic E-state index is 0.414. The van der Waals surface area contributed by atoms with Gasteiger partial charge in [-0.3, -0.25) is 14.5 Å². The molecule has 7 nitrogen and oxygen atoms in total. The zero-order valence-corrected chi connectivity index (χ0v) is 13.6. The van der Waals surface area contributed by atoms with Gasteiger partial charge in [-0.25, -0.2) is 0 Å². The fourth-order valence-electron chi connectivity index (χ4n) is 2.21. The van der Waals surface area contributed by atoms with E-state index in [4.69, 9.17) is 9.47 Å². The van der Waals surface area contributed by atoms with Crippen LogP contribution in [0.3, 0.4) is 0 Å². The lowest BCUT2D eigenvalue weighted by Crippen LogP contribution is -2.43. The number of morpholine rings is 1. The zero-order chi connectivity index (χ0) is 17.2. The molecular weight excluding hydrogens is 310 g/mol. The molecule has 1 heterocycles. The number of carbonyl (C=O) groups excluding carboxylic acids is 2. The first-order valence-corrected chi connectivity index (χ1v) is 7.92. The second-order valence-electron chi connectivity index (χ2n) is 5.29. The van der Waals surface area contributed by atoms with Gasteiger partial charge in [-0.15, -0.1) is 0 Å². The van der Waals surface area contributed by atoms with Crippen LogP contribution >= 0.6 is 0 Å². The molecule has 1 aliphatic heterocycles. The number of amides is 2. The Morgan fingerprint density at radius 3 is 2.58 bits per heavy atom. The summed E-state index contributed by atoms with van der Waals surface area (Å²) in [6, 6.07) is 6.79. The fraction of sp³-hybridized carbons (Fsp3) is 0.412. The molecule has 2 rings (SSSR count). The monoisotopic (exact) mass is 333 g/mol. The maximum atomic E-state index is 11.9. The Balaban J connectivity index is 1.70. The van der Waals surface area contributed by atoms with Crippen LogP contribution in [0, 0.1) is 0 Å². The van der Waals surface area contributed by atoms with E-state index in [9.17, 15) is 9.59 Å². The van der Waals surface area contributed by atoms with Gasteiger partial charge in [0.1, 0.15) is 12.4 Å². The largest absolute Gasteiger partial charge is 0.490 e. The smallest absolute Gasteiger partial charge is 0.313 e. The number of benzene rings is 1. The van der Waals surface area contributed by atoms with Gasteiger partial charge in [-0.2, -0.15) is 0 Å². The molecule has 1 aromatic carbocycles. The first kappa shape index (κ1) is 18.0. The van der Waals surface area contributed by atoms with Crippen molar-refractivity contribution in [3.05, 3.63) is 36.9 Å². The highest BCUT2D eigenvalue weighted by Gasteiger charge is 2.15. The van der Waals surface area contributed by atoms with Gasteiger partial charge in [-0.05, 0) is 24.3 Å². The fourth-order valence-corrected chi connectivity index (χ4v) is 2.21. The van der Waals surface area contributed by atoms with Crippen LogP contribution in [0.15, 0.2) is 36.9 Å². The third-order valence-corrected chi connectivity index (χ3v) is 3.50. The summed E-state index contributed by atoms with van der Waals surface area (Å²) in [6.07, 6.45) is 1.65. The molecule has 0 spiro atoms. The summed E-state index contributed by atoms with van der Waals surface area (Å²) < 4.78 is 10.6. The minimum atomic E-state index is -0.684. The van der Waals surface area contributed by atoms with Gasteiger partial charge in [0, 0.05) is 31.9 Å². The summed E-state index contributed by atoms with van der Waals surface area (Å²) in [4.78, 5) is 25.8. The molecule has 2 N–H and O–H groups in total. The highest BCUT2D eigenvalue weighted by Crippen LogP contribution is 2.15. The van der Waals surface area contributed by atoms with Gasteiger partial charge in [0.15, 0.2) is 0 Å². The molecule has 0 saturated carbocycles. The number of carbonyl (C=O) groups is 2. The standard InChI is InChI=1S/C17H23N3O4/c1-2-11-24-15-5-3-14(4-6-15)19-17(22)16(21)18-7-8-20-9-12-23-13-10-20/h2-6H,1,7-13H2,(H,18,21)(H,19,22). The molecule has 24 heavy (non-hydrogen) atoms. The van der Waals surface area contributed by atoms with Crippen LogP contribution in [-0.4, -0.2) is 62.7 Å². The van der Waals surface area contributed by atoms with Crippen molar-refractivity contribution >= 4 is 17.5 Å². The molecule has 0 aliphatic carbocycles. The Morgan fingerprint density at radius 1 is 1.21 bits per heavy atom. The van der Waals surface area contributed by atoms with E-state index in [0.29, 0.717) is 44.3 Å². The number of hydrogen-bond acceptors (Lipinski definition) is 5. The molecule has 1 aromatic rings. The van der Waals surface area contributed by atoms with Crippen molar-refractivity contribution in [3.63, 3.8) is 0 Å². The minimum Gasteiger partial charge on any atom is -0.490 e. The van der Waals surface area contributed by atoms with Crippen LogP contribution in [0.5, 0.6) is 5.75 Å². The van der Waals surface area contributed by atoms with Crippen LogP contribution < -0.4 is 15.4 Å². The number of rotatable bonds is 7. The molecule has 0 radical (unpaired) electrons. The molecule has 0 atom stereocenters. The average Bonchev–Trinajstić information content (AvgIpc) is 2.62. The Labute approximate surface area is 141 Å². The van der Waals surface area contributed by atoms with Gasteiger partial charge in [-0.1, -0.05) is 12.7 Å². The van der Waals surface area contributed by atoms with Crippen molar-refractivity contribution in [1.82, 2.24) is 10.2 Å². The summed E-state index contributed by atoms with van der Waals surface area (Å²) in [5, 5.41) is 5.17. The van der Waals surface area contributed by atoms with Gasteiger partial charge < -0.3 is 20.1 Å². The van der Waals surface area contributed by atoms with Gasteiger partial charge in [0.2, 0.25) is 0 Å². The van der Waals surface area contributed by atoms with Crippen LogP contribution in [0.1, 0.15) is 0 Å². The van der Waals surface area contributed by atoms with Crippen molar-refractivity contribution in [2.75, 3.05) is 51.3 Å². The highest BCUT2D eigenvalue weighted by molar-refractivity contribution is 6.39. The molecule has 0 aromatic heterocycles. The number of nitrogens with one attached hydrogen (secondary N) is 2. The van der Waals surface area contributed by atoms with Crippen molar-refractivity contribution in [2.45, 2.75) is 0 Å². The van der Waals surface area contributed by atoms with Crippen molar-refractivity contribution in [3.8, 4) is 5.75 Å². The van der Waals surface area contributed by atoms with Gasteiger partial charge in [0.05, 0.1) is 13.2 Å². The second kappa shape index (κ2) is 9.69. The van der Waals surface area contributed by atoms with E-state index in [1.54, 1.807) is 30.3 Å². The summed E-state index contributed by atoms with van der Waals surface area (Å²) in [6.45, 7) is 8.24. The predicted molar refractivity (Wildman–Crippen MR) is 91.0 cm³/mol. The maximum absolute atomic E-state index is 11.9. The molecule has 1 aliphatic rings. The van der Waals surface area contributed by atoms with E-state index >= 15 is 0 Å². The Morgan fingerprint density at radius 2 is 1.92 bits per heavy atom. The lowest BCUT2D eigenvalue weighted by atomic mass is 10.3. The molecule has 0 unspecified atom stereocenters. The summed E-state index contributed by atoms with van der Waals surface area (Å²) in [5.74, 6) is -0.658. The SMILES string of the molecule is C=CCOc1ccc(NC(=O)C(=O)NCCN2CCOCC2)cc1. The zero-order valence-electron chi connectivity index (χ0n) is 13.6. The normalized spacial score (nSPS) is 14.7. The molecule has 130 valence electrons.